The Balaban J connectivity index is 1.17. The van der Waals surface area contributed by atoms with Crippen LogP contribution >= 0.6 is 0 Å². The maximum absolute atomic E-state index is 2.66. The van der Waals surface area contributed by atoms with Crippen LogP contribution in [0.25, 0.3) is 44.5 Å². The van der Waals surface area contributed by atoms with Gasteiger partial charge in [-0.3, -0.25) is 0 Å². The highest BCUT2D eigenvalue weighted by Crippen LogP contribution is 2.51. The Labute approximate surface area is 458 Å². The van der Waals surface area contributed by atoms with E-state index in [0.29, 0.717) is 0 Å². The molecular weight excluding hydrogens is 930 g/mol. The van der Waals surface area contributed by atoms with Crippen molar-refractivity contribution in [3.63, 3.8) is 0 Å². The molecule has 0 atom stereocenters. The SMILES string of the molecule is Cc1cc(-c2ccccc2)ccc1N1c2ccc(N(c3ccc(C(C)(C)C)cc3)c3ccc(C(C)(C)C)cc3)cc2B2c3c(cc(C(C)(C)C)cc31)-c1cc(-c3ccccc3)ccc1N2c1cccc(-c2ccccc2)c1. The van der Waals surface area contributed by atoms with Gasteiger partial charge in [-0.05, 0) is 180 Å². The Hall–Kier alpha value is -8.34. The maximum atomic E-state index is 2.66. The third kappa shape index (κ3) is 9.14. The summed E-state index contributed by atoms with van der Waals surface area (Å²) in [5.74, 6) is 0. The number of fused-ring (bicyclic) bond motifs is 4. The van der Waals surface area contributed by atoms with E-state index in [1.807, 2.05) is 0 Å². The van der Waals surface area contributed by atoms with E-state index < -0.39 is 0 Å². The molecule has 2 heterocycles. The normalized spacial score (nSPS) is 13.0. The highest BCUT2D eigenvalue weighted by Gasteiger charge is 2.46. The number of hydrogen-bond donors (Lipinski definition) is 0. The van der Waals surface area contributed by atoms with Crippen LogP contribution in [0, 0.1) is 6.92 Å². The molecule has 10 aromatic rings. The Morgan fingerprint density at radius 1 is 0.338 bits per heavy atom. The Bertz CT molecular complexity index is 3750. The fourth-order valence-corrected chi connectivity index (χ4v) is 11.7. The molecule has 2 aliphatic rings. The number of rotatable bonds is 8. The van der Waals surface area contributed by atoms with Gasteiger partial charge < -0.3 is 14.6 Å². The standard InChI is InChI=1S/C73H68BN3/c1-49-43-54(51-23-16-12-17-24-51)29-40-66(49)76-68-42-39-61(75(59-35-31-56(32-36-59)71(2,3)4)60-37-33-57(34-38-60)72(5,6)7)48-65(68)74-70-64(46-58(47-69(70)76)73(8,9)10)63-45-55(52-25-18-13-19-26-52)30-41-67(63)77(74)62-28-20-27-53(44-62)50-21-14-11-15-22-50/h11-48H,1-10H3. The van der Waals surface area contributed by atoms with Crippen LogP contribution in [0.3, 0.4) is 0 Å². The summed E-state index contributed by atoms with van der Waals surface area (Å²) in [4.78, 5) is 7.72. The predicted octanol–water partition coefficient (Wildman–Crippen LogP) is 19.1. The number of nitrogens with zero attached hydrogens (tertiary/aromatic N) is 3. The lowest BCUT2D eigenvalue weighted by molar-refractivity contribution is 0.590. The number of aryl methyl sites for hydroxylation is 1. The number of hydrogen-bond acceptors (Lipinski definition) is 3. The number of benzene rings is 10. The molecule has 3 nitrogen and oxygen atoms in total. The summed E-state index contributed by atoms with van der Waals surface area (Å²) in [7, 11) is 0. The molecule has 0 radical (unpaired) electrons. The van der Waals surface area contributed by atoms with Crippen molar-refractivity contribution in [1.29, 1.82) is 0 Å². The van der Waals surface area contributed by atoms with E-state index in [-0.39, 0.29) is 23.1 Å². The molecule has 378 valence electrons. The molecule has 0 fully saturated rings. The van der Waals surface area contributed by atoms with Crippen molar-refractivity contribution in [2.24, 2.45) is 0 Å². The summed E-state index contributed by atoms with van der Waals surface area (Å²) in [6.07, 6.45) is 0. The lowest BCUT2D eigenvalue weighted by Gasteiger charge is -2.47. The van der Waals surface area contributed by atoms with Crippen LogP contribution in [0.4, 0.5) is 45.5 Å². The van der Waals surface area contributed by atoms with Crippen molar-refractivity contribution >= 4 is 63.3 Å². The van der Waals surface area contributed by atoms with E-state index in [1.165, 1.54) is 100 Å². The second-order valence-electron chi connectivity index (χ2n) is 24.4. The van der Waals surface area contributed by atoms with Crippen LogP contribution in [0.1, 0.15) is 84.6 Å². The first-order valence-corrected chi connectivity index (χ1v) is 27.4. The van der Waals surface area contributed by atoms with Crippen LogP contribution in [-0.4, -0.2) is 6.85 Å². The highest BCUT2D eigenvalue weighted by molar-refractivity contribution is 6.93. The quantitative estimate of drug-likeness (QED) is 0.140. The molecule has 2 aliphatic heterocycles. The summed E-state index contributed by atoms with van der Waals surface area (Å²) in [5, 5.41) is 0. The van der Waals surface area contributed by atoms with Crippen molar-refractivity contribution in [1.82, 2.24) is 0 Å². The monoisotopic (exact) mass is 998 g/mol. The smallest absolute Gasteiger partial charge is 0.333 e. The molecule has 0 N–H and O–H groups in total. The van der Waals surface area contributed by atoms with Gasteiger partial charge in [0, 0.05) is 51.1 Å². The first-order valence-electron chi connectivity index (χ1n) is 27.4. The van der Waals surface area contributed by atoms with Crippen LogP contribution in [0.2, 0.25) is 0 Å². The maximum Gasteiger partial charge on any atom is 0.333 e. The lowest BCUT2D eigenvalue weighted by atomic mass is 9.43. The van der Waals surface area contributed by atoms with Gasteiger partial charge in [0.25, 0.3) is 0 Å². The van der Waals surface area contributed by atoms with Gasteiger partial charge in [-0.2, -0.15) is 0 Å². The third-order valence-electron chi connectivity index (χ3n) is 16.0. The van der Waals surface area contributed by atoms with Gasteiger partial charge in [0.1, 0.15) is 0 Å². The van der Waals surface area contributed by atoms with Gasteiger partial charge in [-0.25, -0.2) is 0 Å². The zero-order valence-corrected chi connectivity index (χ0v) is 46.4. The van der Waals surface area contributed by atoms with Crippen LogP contribution in [0.5, 0.6) is 0 Å². The largest absolute Gasteiger partial charge is 0.376 e. The van der Waals surface area contributed by atoms with Gasteiger partial charge in [-0.1, -0.05) is 208 Å². The van der Waals surface area contributed by atoms with Gasteiger partial charge in [0.2, 0.25) is 0 Å². The fraction of sp³-hybridized carbons (Fsp3) is 0.178. The molecular formula is C73H68BN3. The summed E-state index contributed by atoms with van der Waals surface area (Å²) in [5.41, 5.74) is 26.4. The van der Waals surface area contributed by atoms with Crippen molar-refractivity contribution in [2.75, 3.05) is 14.6 Å². The molecule has 0 aromatic heterocycles. The minimum Gasteiger partial charge on any atom is -0.376 e. The predicted molar refractivity (Wildman–Crippen MR) is 332 cm³/mol. The zero-order valence-electron chi connectivity index (χ0n) is 46.4. The molecule has 4 heteroatoms. The second-order valence-corrected chi connectivity index (χ2v) is 24.4. The molecule has 77 heavy (non-hydrogen) atoms. The average molecular weight is 998 g/mol. The zero-order chi connectivity index (χ0) is 53.4. The van der Waals surface area contributed by atoms with Crippen molar-refractivity contribution in [2.45, 2.75) is 85.5 Å². The summed E-state index contributed by atoms with van der Waals surface area (Å²) >= 11 is 0. The van der Waals surface area contributed by atoms with Crippen LogP contribution < -0.4 is 25.5 Å². The Morgan fingerprint density at radius 2 is 0.805 bits per heavy atom. The Morgan fingerprint density at radius 3 is 1.32 bits per heavy atom. The molecule has 0 amide bonds. The molecule has 10 aromatic carbocycles. The molecule has 0 unspecified atom stereocenters. The average Bonchev–Trinajstić information content (AvgIpc) is 3.63. The highest BCUT2D eigenvalue weighted by atomic mass is 15.2. The first kappa shape index (κ1) is 49.5. The molecule has 0 bridgehead atoms. The summed E-state index contributed by atoms with van der Waals surface area (Å²) in [6.45, 7) is 22.9. The van der Waals surface area contributed by atoms with Crippen LogP contribution in [-0.2, 0) is 16.2 Å². The summed E-state index contributed by atoms with van der Waals surface area (Å²) in [6, 6.07) is 86.7. The fourth-order valence-electron chi connectivity index (χ4n) is 11.7. The minimum atomic E-state index is -0.210. The van der Waals surface area contributed by atoms with Crippen LogP contribution in [0.15, 0.2) is 231 Å². The van der Waals surface area contributed by atoms with Gasteiger partial charge in [-0.15, -0.1) is 0 Å². The molecule has 0 saturated heterocycles. The van der Waals surface area contributed by atoms with E-state index in [2.05, 4.69) is 314 Å². The Kier molecular flexibility index (Phi) is 12.3. The third-order valence-corrected chi connectivity index (χ3v) is 16.0. The van der Waals surface area contributed by atoms with Gasteiger partial charge >= 0.3 is 6.85 Å². The molecule has 12 rings (SSSR count). The van der Waals surface area contributed by atoms with E-state index in [4.69, 9.17) is 0 Å². The topological polar surface area (TPSA) is 9.72 Å². The van der Waals surface area contributed by atoms with E-state index in [0.717, 1.165) is 22.7 Å². The van der Waals surface area contributed by atoms with E-state index >= 15 is 0 Å². The minimum absolute atomic E-state index is 0.0167. The van der Waals surface area contributed by atoms with Crippen molar-refractivity contribution in [3.8, 4) is 44.5 Å². The molecule has 0 saturated carbocycles. The van der Waals surface area contributed by atoms with Crippen molar-refractivity contribution in [3.05, 3.63) is 253 Å². The van der Waals surface area contributed by atoms with Gasteiger partial charge in [0.15, 0.2) is 0 Å². The number of anilines is 8. The molecule has 0 aliphatic carbocycles. The van der Waals surface area contributed by atoms with Gasteiger partial charge in [0.05, 0.1) is 0 Å². The summed E-state index contributed by atoms with van der Waals surface area (Å²) < 4.78 is 0. The second kappa shape index (κ2) is 19.0. The molecule has 0 spiro atoms. The first-order chi connectivity index (χ1) is 37.0. The van der Waals surface area contributed by atoms with Crippen molar-refractivity contribution < 1.29 is 0 Å². The van der Waals surface area contributed by atoms with E-state index in [9.17, 15) is 0 Å². The lowest BCUT2D eigenvalue weighted by Crippen LogP contribution is -2.61. The van der Waals surface area contributed by atoms with E-state index in [1.54, 1.807) is 0 Å².